The van der Waals surface area contributed by atoms with E-state index in [-0.39, 0.29) is 18.1 Å². The standard InChI is InChI=1S/C28H34Cl2N4O4S/c1-19-25(27(35)32-33-14-7-4-8-15-33)31-34(24-12-11-21(29)17-23(24)30)26(19)22-10-6-5-9-20(22)18-28(2,3)13-16-39(36,37)38/h5-6,9-12,17H,4,7-8,13-16,18H2,1-3H3,(H,32,35)(H,36,37,38). The molecule has 1 aliphatic heterocycles. The number of piperidine rings is 1. The highest BCUT2D eigenvalue weighted by Crippen LogP contribution is 2.37. The van der Waals surface area contributed by atoms with Crippen molar-refractivity contribution in [3.8, 4) is 16.9 Å². The molecule has 2 aromatic carbocycles. The third kappa shape index (κ3) is 7.41. The third-order valence-corrected chi connectivity index (χ3v) is 8.33. The van der Waals surface area contributed by atoms with Crippen molar-refractivity contribution in [3.05, 3.63) is 69.3 Å². The van der Waals surface area contributed by atoms with E-state index in [4.69, 9.17) is 28.3 Å². The number of carbonyl (C=O) groups excluding carboxylic acids is 1. The summed E-state index contributed by atoms with van der Waals surface area (Å²) in [4.78, 5) is 13.4. The highest BCUT2D eigenvalue weighted by molar-refractivity contribution is 7.85. The monoisotopic (exact) mass is 592 g/mol. The molecule has 1 amide bonds. The molecule has 3 aromatic rings. The first-order chi connectivity index (χ1) is 18.3. The maximum atomic E-state index is 13.4. The fourth-order valence-electron chi connectivity index (χ4n) is 4.97. The number of rotatable bonds is 9. The summed E-state index contributed by atoms with van der Waals surface area (Å²) in [6.45, 7) is 7.39. The van der Waals surface area contributed by atoms with Crippen molar-refractivity contribution in [2.45, 2.75) is 52.9 Å². The molecular weight excluding hydrogens is 559 g/mol. The smallest absolute Gasteiger partial charge is 0.286 e. The third-order valence-electron chi connectivity index (χ3n) is 7.07. The molecule has 210 valence electrons. The van der Waals surface area contributed by atoms with E-state index in [0.717, 1.165) is 43.5 Å². The van der Waals surface area contributed by atoms with Gasteiger partial charge in [0.25, 0.3) is 16.0 Å². The summed E-state index contributed by atoms with van der Waals surface area (Å²) < 4.78 is 33.8. The van der Waals surface area contributed by atoms with Crippen LogP contribution >= 0.6 is 23.2 Å². The van der Waals surface area contributed by atoms with Gasteiger partial charge in [-0.2, -0.15) is 13.5 Å². The minimum atomic E-state index is -4.08. The molecule has 0 saturated carbocycles. The summed E-state index contributed by atoms with van der Waals surface area (Å²) in [7, 11) is -4.08. The Kier molecular flexibility index (Phi) is 9.08. The Balaban J connectivity index is 1.80. The molecule has 1 saturated heterocycles. The van der Waals surface area contributed by atoms with Gasteiger partial charge < -0.3 is 0 Å². The van der Waals surface area contributed by atoms with Crippen LogP contribution in [0, 0.1) is 12.3 Å². The van der Waals surface area contributed by atoms with Gasteiger partial charge in [0.2, 0.25) is 0 Å². The van der Waals surface area contributed by atoms with Crippen LogP contribution in [-0.4, -0.2) is 52.5 Å². The molecule has 4 rings (SSSR count). The summed E-state index contributed by atoms with van der Waals surface area (Å²) in [6.07, 6.45) is 4.02. The average molecular weight is 594 g/mol. The van der Waals surface area contributed by atoms with Gasteiger partial charge in [0.05, 0.1) is 22.2 Å². The number of amides is 1. The lowest BCUT2D eigenvalue weighted by Gasteiger charge is -2.26. The second kappa shape index (κ2) is 12.0. The number of nitrogens with zero attached hydrogens (tertiary/aromatic N) is 3. The molecule has 0 atom stereocenters. The first-order valence-corrected chi connectivity index (χ1v) is 15.4. The largest absolute Gasteiger partial charge is 0.286 e. The lowest BCUT2D eigenvalue weighted by Crippen LogP contribution is -2.45. The molecule has 0 bridgehead atoms. The van der Waals surface area contributed by atoms with Crippen molar-refractivity contribution in [2.24, 2.45) is 5.41 Å². The molecule has 2 heterocycles. The SMILES string of the molecule is Cc1c(C(=O)NN2CCCCC2)nn(-c2ccc(Cl)cc2Cl)c1-c1ccccc1CC(C)(C)CCS(=O)(=O)O. The topological polar surface area (TPSA) is 105 Å². The second-order valence-electron chi connectivity index (χ2n) is 10.9. The number of aromatic nitrogens is 2. The molecule has 0 radical (unpaired) electrons. The van der Waals surface area contributed by atoms with Crippen LogP contribution in [0.15, 0.2) is 42.5 Å². The highest BCUT2D eigenvalue weighted by atomic mass is 35.5. The number of benzene rings is 2. The molecule has 11 heteroatoms. The van der Waals surface area contributed by atoms with Gasteiger partial charge in [-0.3, -0.25) is 14.8 Å². The van der Waals surface area contributed by atoms with Crippen molar-refractivity contribution >= 4 is 39.2 Å². The summed E-state index contributed by atoms with van der Waals surface area (Å²) in [6, 6.07) is 12.9. The average Bonchev–Trinajstić information content (AvgIpc) is 3.20. The predicted octanol–water partition coefficient (Wildman–Crippen LogP) is 6.13. The van der Waals surface area contributed by atoms with E-state index in [2.05, 4.69) is 5.43 Å². The van der Waals surface area contributed by atoms with Gasteiger partial charge in [0.15, 0.2) is 5.69 Å². The van der Waals surface area contributed by atoms with Crippen LogP contribution in [0.2, 0.25) is 10.0 Å². The van der Waals surface area contributed by atoms with Gasteiger partial charge in [-0.05, 0) is 61.8 Å². The highest BCUT2D eigenvalue weighted by Gasteiger charge is 2.28. The van der Waals surface area contributed by atoms with Crippen LogP contribution in [-0.2, 0) is 16.5 Å². The summed E-state index contributed by atoms with van der Waals surface area (Å²) in [5.74, 6) is -0.606. The van der Waals surface area contributed by atoms with Gasteiger partial charge in [-0.25, -0.2) is 9.69 Å². The number of carbonyl (C=O) groups is 1. The van der Waals surface area contributed by atoms with Crippen molar-refractivity contribution in [2.75, 3.05) is 18.8 Å². The van der Waals surface area contributed by atoms with Gasteiger partial charge in [-0.1, -0.05) is 67.7 Å². The molecular formula is C28H34Cl2N4O4S. The van der Waals surface area contributed by atoms with Crippen molar-refractivity contribution in [3.63, 3.8) is 0 Å². The maximum absolute atomic E-state index is 13.4. The van der Waals surface area contributed by atoms with Crippen LogP contribution < -0.4 is 5.43 Å². The van der Waals surface area contributed by atoms with Crippen molar-refractivity contribution < 1.29 is 17.8 Å². The van der Waals surface area contributed by atoms with Gasteiger partial charge in [-0.15, -0.1) is 0 Å². The number of hydrogen-bond donors (Lipinski definition) is 2. The zero-order valence-corrected chi connectivity index (χ0v) is 24.7. The fourth-order valence-corrected chi connectivity index (χ4v) is 6.27. The molecule has 1 aromatic heterocycles. The summed E-state index contributed by atoms with van der Waals surface area (Å²) in [5, 5.41) is 7.57. The summed E-state index contributed by atoms with van der Waals surface area (Å²) >= 11 is 12.8. The van der Waals surface area contributed by atoms with Crippen molar-refractivity contribution in [1.29, 1.82) is 0 Å². The second-order valence-corrected chi connectivity index (χ2v) is 13.3. The van der Waals surface area contributed by atoms with E-state index in [1.807, 2.05) is 50.0 Å². The van der Waals surface area contributed by atoms with E-state index in [9.17, 15) is 17.8 Å². The maximum Gasteiger partial charge on any atom is 0.286 e. The zero-order valence-electron chi connectivity index (χ0n) is 22.4. The lowest BCUT2D eigenvalue weighted by atomic mass is 9.81. The molecule has 39 heavy (non-hydrogen) atoms. The Morgan fingerprint density at radius 2 is 1.79 bits per heavy atom. The molecule has 1 aliphatic rings. The predicted molar refractivity (Wildman–Crippen MR) is 155 cm³/mol. The van der Waals surface area contributed by atoms with Crippen molar-refractivity contribution in [1.82, 2.24) is 20.2 Å². The first kappa shape index (κ1) is 29.6. The van der Waals surface area contributed by atoms with E-state index in [1.165, 1.54) is 0 Å². The van der Waals surface area contributed by atoms with Crippen LogP contribution in [0.4, 0.5) is 0 Å². The Morgan fingerprint density at radius 3 is 2.46 bits per heavy atom. The van der Waals surface area contributed by atoms with Crippen LogP contribution in [0.5, 0.6) is 0 Å². The lowest BCUT2D eigenvalue weighted by molar-refractivity contribution is 0.0743. The van der Waals surface area contributed by atoms with Gasteiger partial charge in [0.1, 0.15) is 0 Å². The molecule has 0 unspecified atom stereocenters. The number of hydrogen-bond acceptors (Lipinski definition) is 5. The number of hydrazine groups is 1. The molecule has 0 aliphatic carbocycles. The fraction of sp³-hybridized carbons (Fsp3) is 0.429. The van der Waals surface area contributed by atoms with Gasteiger partial charge in [0, 0.05) is 29.2 Å². The number of nitrogens with one attached hydrogen (secondary N) is 1. The van der Waals surface area contributed by atoms with Crippen LogP contribution in [0.25, 0.3) is 16.9 Å². The van der Waals surface area contributed by atoms with E-state index >= 15 is 0 Å². The van der Waals surface area contributed by atoms with Crippen LogP contribution in [0.3, 0.4) is 0 Å². The quantitative estimate of drug-likeness (QED) is 0.289. The van der Waals surface area contributed by atoms with E-state index in [0.29, 0.717) is 39.1 Å². The molecule has 1 fully saturated rings. The first-order valence-electron chi connectivity index (χ1n) is 13.0. The Morgan fingerprint density at radius 1 is 1.10 bits per heavy atom. The van der Waals surface area contributed by atoms with E-state index < -0.39 is 15.5 Å². The minimum Gasteiger partial charge on any atom is -0.286 e. The van der Waals surface area contributed by atoms with Crippen LogP contribution in [0.1, 0.15) is 61.1 Å². The van der Waals surface area contributed by atoms with E-state index in [1.54, 1.807) is 22.9 Å². The Labute approximate surface area is 240 Å². The number of halogens is 2. The minimum absolute atomic E-state index is 0.283. The molecule has 2 N–H and O–H groups in total. The molecule has 0 spiro atoms. The summed E-state index contributed by atoms with van der Waals surface area (Å²) in [5.41, 5.74) is 6.66. The zero-order chi connectivity index (χ0) is 28.4. The molecule has 8 nitrogen and oxygen atoms in total. The van der Waals surface area contributed by atoms with Gasteiger partial charge >= 0.3 is 0 Å². The normalized spacial score (nSPS) is 14.9. The Bertz CT molecular complexity index is 1460. The Hall–Kier alpha value is -2.43.